The first-order valence-corrected chi connectivity index (χ1v) is 5.46. The van der Waals surface area contributed by atoms with E-state index in [1.54, 1.807) is 19.1 Å². The maximum atomic E-state index is 11.4. The van der Waals surface area contributed by atoms with E-state index in [-0.39, 0.29) is 12.4 Å². The molecule has 0 saturated heterocycles. The molecular weight excluding hydrogens is 234 g/mol. The molecule has 0 aliphatic rings. The fourth-order valence-electron chi connectivity index (χ4n) is 1.56. The minimum atomic E-state index is -0.327. The molecular formula is C13H15NO4. The van der Waals surface area contributed by atoms with E-state index in [1.807, 2.05) is 6.07 Å². The van der Waals surface area contributed by atoms with Gasteiger partial charge in [0.2, 0.25) is 0 Å². The fraction of sp³-hybridized carbons (Fsp3) is 0.385. The Labute approximate surface area is 106 Å². The summed E-state index contributed by atoms with van der Waals surface area (Å²) in [4.78, 5) is 11.4. The SMILES string of the molecule is CCOC(=O)Cc1cc(OC)c(C#N)c(OC)c1. The van der Waals surface area contributed by atoms with Gasteiger partial charge in [-0.2, -0.15) is 5.26 Å². The maximum Gasteiger partial charge on any atom is 0.310 e. The van der Waals surface area contributed by atoms with Crippen LogP contribution in [0.5, 0.6) is 11.5 Å². The second kappa shape index (κ2) is 6.50. The molecule has 0 atom stereocenters. The molecule has 18 heavy (non-hydrogen) atoms. The summed E-state index contributed by atoms with van der Waals surface area (Å²) >= 11 is 0. The Kier molecular flexibility index (Phi) is 5.00. The van der Waals surface area contributed by atoms with Crippen LogP contribution in [-0.2, 0) is 16.0 Å². The number of carbonyl (C=O) groups excluding carboxylic acids is 1. The van der Waals surface area contributed by atoms with Crippen LogP contribution in [0, 0.1) is 11.3 Å². The topological polar surface area (TPSA) is 68.5 Å². The molecule has 0 N–H and O–H groups in total. The third-order valence-electron chi connectivity index (χ3n) is 2.33. The normalized spacial score (nSPS) is 9.44. The Hall–Kier alpha value is -2.22. The Bertz CT molecular complexity index is 451. The molecule has 0 aliphatic carbocycles. The highest BCUT2D eigenvalue weighted by molar-refractivity contribution is 5.73. The predicted octanol–water partition coefficient (Wildman–Crippen LogP) is 1.68. The van der Waals surface area contributed by atoms with E-state index in [2.05, 4.69) is 0 Å². The van der Waals surface area contributed by atoms with E-state index in [1.165, 1.54) is 14.2 Å². The van der Waals surface area contributed by atoms with Gasteiger partial charge in [-0.1, -0.05) is 0 Å². The fourth-order valence-corrected chi connectivity index (χ4v) is 1.56. The molecule has 0 heterocycles. The van der Waals surface area contributed by atoms with Crippen molar-refractivity contribution in [3.63, 3.8) is 0 Å². The van der Waals surface area contributed by atoms with Crippen molar-refractivity contribution < 1.29 is 19.0 Å². The number of nitriles is 1. The van der Waals surface area contributed by atoms with Crippen LogP contribution in [-0.4, -0.2) is 26.8 Å². The summed E-state index contributed by atoms with van der Waals surface area (Å²) in [5.74, 6) is 0.443. The largest absolute Gasteiger partial charge is 0.495 e. The maximum absolute atomic E-state index is 11.4. The lowest BCUT2D eigenvalue weighted by atomic mass is 10.1. The molecule has 1 aromatic carbocycles. The smallest absolute Gasteiger partial charge is 0.310 e. The first kappa shape index (κ1) is 13.8. The van der Waals surface area contributed by atoms with Crippen molar-refractivity contribution in [1.82, 2.24) is 0 Å². The van der Waals surface area contributed by atoms with Gasteiger partial charge in [0.1, 0.15) is 23.1 Å². The molecule has 0 spiro atoms. The van der Waals surface area contributed by atoms with Crippen LogP contribution in [0.1, 0.15) is 18.1 Å². The van der Waals surface area contributed by atoms with Crippen LogP contribution in [0.4, 0.5) is 0 Å². The average molecular weight is 249 g/mol. The van der Waals surface area contributed by atoms with Crippen molar-refractivity contribution in [1.29, 1.82) is 5.26 Å². The van der Waals surface area contributed by atoms with Crippen LogP contribution >= 0.6 is 0 Å². The Morgan fingerprint density at radius 2 is 1.83 bits per heavy atom. The molecule has 0 fully saturated rings. The second-order valence-electron chi connectivity index (χ2n) is 3.47. The lowest BCUT2D eigenvalue weighted by Crippen LogP contribution is -2.08. The van der Waals surface area contributed by atoms with E-state index >= 15 is 0 Å². The minimum Gasteiger partial charge on any atom is -0.495 e. The molecule has 0 radical (unpaired) electrons. The number of methoxy groups -OCH3 is 2. The molecule has 96 valence electrons. The molecule has 5 heteroatoms. The van der Waals surface area contributed by atoms with Gasteiger partial charge in [-0.3, -0.25) is 4.79 Å². The van der Waals surface area contributed by atoms with Crippen LogP contribution < -0.4 is 9.47 Å². The summed E-state index contributed by atoms with van der Waals surface area (Å²) in [7, 11) is 2.92. The van der Waals surface area contributed by atoms with E-state index in [0.29, 0.717) is 29.2 Å². The third-order valence-corrected chi connectivity index (χ3v) is 2.33. The standard InChI is InChI=1S/C13H15NO4/c1-4-18-13(15)7-9-5-11(16-2)10(8-14)12(6-9)17-3/h5-6H,4,7H2,1-3H3. The lowest BCUT2D eigenvalue weighted by molar-refractivity contribution is -0.142. The van der Waals surface area contributed by atoms with Crippen molar-refractivity contribution in [3.8, 4) is 17.6 Å². The zero-order valence-corrected chi connectivity index (χ0v) is 10.6. The molecule has 0 aliphatic heterocycles. The summed E-state index contributed by atoms with van der Waals surface area (Å²) in [5, 5.41) is 9.02. The van der Waals surface area contributed by atoms with Crippen molar-refractivity contribution in [3.05, 3.63) is 23.3 Å². The number of hydrogen-bond donors (Lipinski definition) is 0. The lowest BCUT2D eigenvalue weighted by Gasteiger charge is -2.10. The van der Waals surface area contributed by atoms with Gasteiger partial charge in [-0.05, 0) is 24.6 Å². The Morgan fingerprint density at radius 1 is 1.28 bits per heavy atom. The number of hydrogen-bond acceptors (Lipinski definition) is 5. The third kappa shape index (κ3) is 3.14. The summed E-state index contributed by atoms with van der Waals surface area (Å²) in [6.45, 7) is 2.08. The number of benzene rings is 1. The van der Waals surface area contributed by atoms with Crippen LogP contribution in [0.25, 0.3) is 0 Å². The van der Waals surface area contributed by atoms with Crippen molar-refractivity contribution in [2.24, 2.45) is 0 Å². The van der Waals surface area contributed by atoms with Gasteiger partial charge in [-0.15, -0.1) is 0 Å². The highest BCUT2D eigenvalue weighted by atomic mass is 16.5. The predicted molar refractivity (Wildman–Crippen MR) is 64.6 cm³/mol. The molecule has 1 aromatic rings. The molecule has 0 aromatic heterocycles. The zero-order valence-electron chi connectivity index (χ0n) is 10.6. The number of nitrogens with zero attached hydrogens (tertiary/aromatic N) is 1. The van der Waals surface area contributed by atoms with Crippen LogP contribution in [0.3, 0.4) is 0 Å². The van der Waals surface area contributed by atoms with E-state index in [9.17, 15) is 4.79 Å². The summed E-state index contributed by atoms with van der Waals surface area (Å²) in [5.41, 5.74) is 0.994. The second-order valence-corrected chi connectivity index (χ2v) is 3.47. The molecule has 0 saturated carbocycles. The van der Waals surface area contributed by atoms with Crippen LogP contribution in [0.15, 0.2) is 12.1 Å². The molecule has 1 rings (SSSR count). The molecule has 0 amide bonds. The van der Waals surface area contributed by atoms with Gasteiger partial charge in [0.15, 0.2) is 0 Å². The first-order valence-electron chi connectivity index (χ1n) is 5.46. The number of esters is 1. The van der Waals surface area contributed by atoms with Crippen molar-refractivity contribution >= 4 is 5.97 Å². The quantitative estimate of drug-likeness (QED) is 0.742. The van der Waals surface area contributed by atoms with E-state index in [4.69, 9.17) is 19.5 Å². The van der Waals surface area contributed by atoms with Crippen molar-refractivity contribution in [2.45, 2.75) is 13.3 Å². The zero-order chi connectivity index (χ0) is 13.5. The Balaban J connectivity index is 3.08. The highest BCUT2D eigenvalue weighted by Gasteiger charge is 2.14. The van der Waals surface area contributed by atoms with Gasteiger partial charge in [-0.25, -0.2) is 0 Å². The molecule has 5 nitrogen and oxygen atoms in total. The monoisotopic (exact) mass is 249 g/mol. The van der Waals surface area contributed by atoms with E-state index < -0.39 is 0 Å². The van der Waals surface area contributed by atoms with Gasteiger partial charge >= 0.3 is 5.97 Å². The van der Waals surface area contributed by atoms with Crippen molar-refractivity contribution in [2.75, 3.05) is 20.8 Å². The Morgan fingerprint density at radius 3 is 2.22 bits per heavy atom. The number of carbonyl (C=O) groups is 1. The number of rotatable bonds is 5. The summed E-state index contributed by atoms with van der Waals surface area (Å²) in [6.07, 6.45) is 0.117. The molecule has 0 unspecified atom stereocenters. The van der Waals surface area contributed by atoms with Gasteiger partial charge < -0.3 is 14.2 Å². The van der Waals surface area contributed by atoms with Gasteiger partial charge in [0.25, 0.3) is 0 Å². The van der Waals surface area contributed by atoms with Gasteiger partial charge in [0, 0.05) is 0 Å². The number of ether oxygens (including phenoxy) is 3. The summed E-state index contributed by atoms with van der Waals surface area (Å²) < 4.78 is 15.1. The highest BCUT2D eigenvalue weighted by Crippen LogP contribution is 2.29. The minimum absolute atomic E-state index is 0.117. The molecule has 0 bridgehead atoms. The average Bonchev–Trinajstić information content (AvgIpc) is 2.37. The van der Waals surface area contributed by atoms with Gasteiger partial charge in [0.05, 0.1) is 27.2 Å². The summed E-state index contributed by atoms with van der Waals surface area (Å²) in [6, 6.07) is 5.28. The van der Waals surface area contributed by atoms with E-state index in [0.717, 1.165) is 0 Å². The van der Waals surface area contributed by atoms with Crippen LogP contribution in [0.2, 0.25) is 0 Å². The first-order chi connectivity index (χ1) is 8.65.